The van der Waals surface area contributed by atoms with Crippen molar-refractivity contribution in [2.24, 2.45) is 0 Å². The van der Waals surface area contributed by atoms with Crippen LogP contribution in [-0.4, -0.2) is 19.0 Å². The molecule has 0 atom stereocenters. The summed E-state index contributed by atoms with van der Waals surface area (Å²) in [5, 5.41) is 0. The molecule has 0 aromatic heterocycles. The lowest BCUT2D eigenvalue weighted by atomic mass is 10.2. The summed E-state index contributed by atoms with van der Waals surface area (Å²) in [6, 6.07) is 0. The average molecular weight is 162 g/mol. The van der Waals surface area contributed by atoms with Gasteiger partial charge >= 0.3 is 0 Å². The van der Waals surface area contributed by atoms with E-state index >= 15 is 0 Å². The van der Waals surface area contributed by atoms with Gasteiger partial charge in [-0.2, -0.15) is 12.6 Å². The van der Waals surface area contributed by atoms with Crippen molar-refractivity contribution in [2.45, 2.75) is 32.6 Å². The van der Waals surface area contributed by atoms with E-state index in [-0.39, 0.29) is 0 Å². The van der Waals surface area contributed by atoms with Crippen molar-refractivity contribution in [1.29, 1.82) is 0 Å². The predicted molar refractivity (Wildman–Crippen MR) is 48.8 cm³/mol. The summed E-state index contributed by atoms with van der Waals surface area (Å²) in [4.78, 5) is 0. The van der Waals surface area contributed by atoms with Crippen LogP contribution in [0.4, 0.5) is 0 Å². The normalized spacial score (nSPS) is 10.2. The molecular weight excluding hydrogens is 144 g/mol. The van der Waals surface area contributed by atoms with Crippen LogP contribution in [0.2, 0.25) is 0 Å². The van der Waals surface area contributed by atoms with E-state index in [4.69, 9.17) is 4.74 Å². The van der Waals surface area contributed by atoms with Gasteiger partial charge in [-0.25, -0.2) is 0 Å². The fraction of sp³-hybridized carbons (Fsp3) is 1.00. The molecule has 0 saturated carbocycles. The lowest BCUT2D eigenvalue weighted by Gasteiger charge is -2.00. The summed E-state index contributed by atoms with van der Waals surface area (Å²) < 4.78 is 5.25. The Labute approximate surface area is 69.6 Å². The Morgan fingerprint density at radius 2 is 1.90 bits per heavy atom. The molecule has 0 aliphatic carbocycles. The van der Waals surface area contributed by atoms with Crippen LogP contribution in [0.15, 0.2) is 0 Å². The van der Waals surface area contributed by atoms with Crippen LogP contribution in [0.1, 0.15) is 32.6 Å². The van der Waals surface area contributed by atoms with Crippen LogP contribution in [0.5, 0.6) is 0 Å². The highest BCUT2D eigenvalue weighted by molar-refractivity contribution is 7.80. The van der Waals surface area contributed by atoms with Crippen molar-refractivity contribution in [1.82, 2.24) is 0 Å². The molecular formula is C8H18OS. The molecule has 0 aromatic rings. The summed E-state index contributed by atoms with van der Waals surface area (Å²) in [6.45, 7) is 3.93. The maximum absolute atomic E-state index is 5.25. The van der Waals surface area contributed by atoms with Gasteiger partial charge in [-0.3, -0.25) is 0 Å². The zero-order valence-corrected chi connectivity index (χ0v) is 7.70. The molecule has 0 amide bonds. The number of ether oxygens (including phenoxy) is 1. The Morgan fingerprint density at radius 1 is 1.10 bits per heavy atom. The third-order valence-corrected chi connectivity index (χ3v) is 1.56. The third kappa shape index (κ3) is 8.31. The van der Waals surface area contributed by atoms with E-state index in [2.05, 4.69) is 19.6 Å². The minimum absolute atomic E-state index is 0.801. The minimum atomic E-state index is 0.801. The second-order valence-corrected chi connectivity index (χ2v) is 2.84. The number of thiol groups is 1. The van der Waals surface area contributed by atoms with E-state index in [0.29, 0.717) is 0 Å². The van der Waals surface area contributed by atoms with Gasteiger partial charge in [0.1, 0.15) is 0 Å². The number of hydrogen-bond donors (Lipinski definition) is 1. The molecule has 0 bridgehead atoms. The first-order valence-corrected chi connectivity index (χ1v) is 4.73. The van der Waals surface area contributed by atoms with Crippen LogP contribution in [0.3, 0.4) is 0 Å². The topological polar surface area (TPSA) is 9.23 Å². The fourth-order valence-electron chi connectivity index (χ4n) is 0.798. The van der Waals surface area contributed by atoms with Gasteiger partial charge in [-0.1, -0.05) is 26.2 Å². The first-order chi connectivity index (χ1) is 4.91. The van der Waals surface area contributed by atoms with Crippen molar-refractivity contribution in [3.05, 3.63) is 0 Å². The molecule has 0 rings (SSSR count). The minimum Gasteiger partial charge on any atom is -0.381 e. The van der Waals surface area contributed by atoms with Gasteiger partial charge in [0.2, 0.25) is 0 Å². The summed E-state index contributed by atoms with van der Waals surface area (Å²) in [7, 11) is 0. The van der Waals surface area contributed by atoms with Gasteiger partial charge in [0.25, 0.3) is 0 Å². The highest BCUT2D eigenvalue weighted by Crippen LogP contribution is 1.98. The summed E-state index contributed by atoms with van der Waals surface area (Å²) >= 11 is 4.04. The first-order valence-electron chi connectivity index (χ1n) is 4.10. The molecule has 62 valence electrons. The monoisotopic (exact) mass is 162 g/mol. The number of hydrogen-bond acceptors (Lipinski definition) is 2. The van der Waals surface area contributed by atoms with Crippen LogP contribution in [0, 0.1) is 0 Å². The van der Waals surface area contributed by atoms with E-state index in [9.17, 15) is 0 Å². The molecule has 0 aromatic carbocycles. The van der Waals surface area contributed by atoms with Crippen LogP contribution < -0.4 is 0 Å². The van der Waals surface area contributed by atoms with Gasteiger partial charge < -0.3 is 4.74 Å². The Hall–Kier alpha value is 0.310. The lowest BCUT2D eigenvalue weighted by molar-refractivity contribution is 0.145. The fourth-order valence-corrected chi connectivity index (χ4v) is 0.927. The van der Waals surface area contributed by atoms with E-state index in [0.717, 1.165) is 19.0 Å². The van der Waals surface area contributed by atoms with Crippen LogP contribution in [-0.2, 0) is 4.74 Å². The Balaban J connectivity index is 2.65. The Bertz CT molecular complexity index is 49.2. The van der Waals surface area contributed by atoms with E-state index in [1.54, 1.807) is 0 Å². The second kappa shape index (κ2) is 9.31. The molecule has 0 N–H and O–H groups in total. The number of unbranched alkanes of at least 4 members (excludes halogenated alkanes) is 3. The van der Waals surface area contributed by atoms with Gasteiger partial charge in [-0.15, -0.1) is 0 Å². The van der Waals surface area contributed by atoms with E-state index in [1.165, 1.54) is 25.7 Å². The molecule has 0 aliphatic heterocycles. The van der Waals surface area contributed by atoms with Gasteiger partial charge in [-0.05, 0) is 6.42 Å². The zero-order valence-electron chi connectivity index (χ0n) is 6.81. The first kappa shape index (κ1) is 10.3. The molecule has 0 spiro atoms. The third-order valence-electron chi connectivity index (χ3n) is 1.38. The molecule has 0 heterocycles. The largest absolute Gasteiger partial charge is 0.381 e. The summed E-state index contributed by atoms with van der Waals surface area (Å²) in [6.07, 6.45) is 5.15. The van der Waals surface area contributed by atoms with Crippen LogP contribution >= 0.6 is 12.6 Å². The van der Waals surface area contributed by atoms with E-state index in [1.807, 2.05) is 0 Å². The zero-order chi connectivity index (χ0) is 7.66. The summed E-state index contributed by atoms with van der Waals surface area (Å²) in [5.74, 6) is 0.841. The van der Waals surface area contributed by atoms with Crippen molar-refractivity contribution < 1.29 is 4.74 Å². The van der Waals surface area contributed by atoms with Gasteiger partial charge in [0, 0.05) is 12.4 Å². The quantitative estimate of drug-likeness (QED) is 0.447. The smallest absolute Gasteiger partial charge is 0.0554 e. The molecule has 0 radical (unpaired) electrons. The highest BCUT2D eigenvalue weighted by atomic mass is 32.1. The molecule has 0 saturated heterocycles. The van der Waals surface area contributed by atoms with Crippen molar-refractivity contribution >= 4 is 12.6 Å². The van der Waals surface area contributed by atoms with Gasteiger partial charge in [0.15, 0.2) is 0 Å². The molecule has 0 unspecified atom stereocenters. The highest BCUT2D eigenvalue weighted by Gasteiger charge is 1.87. The average Bonchev–Trinajstić information content (AvgIpc) is 1.97. The molecule has 1 nitrogen and oxygen atoms in total. The van der Waals surface area contributed by atoms with Crippen molar-refractivity contribution in [3.63, 3.8) is 0 Å². The maximum atomic E-state index is 5.25. The second-order valence-electron chi connectivity index (χ2n) is 2.40. The summed E-state index contributed by atoms with van der Waals surface area (Å²) in [5.41, 5.74) is 0. The Kier molecular flexibility index (Phi) is 9.60. The number of rotatable bonds is 7. The SMILES string of the molecule is CCCCCCOCCS. The molecule has 2 heteroatoms. The molecule has 10 heavy (non-hydrogen) atoms. The van der Waals surface area contributed by atoms with Crippen LogP contribution in [0.25, 0.3) is 0 Å². The maximum Gasteiger partial charge on any atom is 0.0554 e. The van der Waals surface area contributed by atoms with E-state index < -0.39 is 0 Å². The predicted octanol–water partition coefficient (Wildman–Crippen LogP) is 2.51. The molecule has 0 aliphatic rings. The lowest BCUT2D eigenvalue weighted by Crippen LogP contribution is -1.97. The Morgan fingerprint density at radius 3 is 2.50 bits per heavy atom. The standard InChI is InChI=1S/C8H18OS/c1-2-3-4-5-6-9-7-8-10/h10H,2-8H2,1H3. The van der Waals surface area contributed by atoms with Gasteiger partial charge in [0.05, 0.1) is 6.61 Å². The van der Waals surface area contributed by atoms with Crippen molar-refractivity contribution in [2.75, 3.05) is 19.0 Å². The van der Waals surface area contributed by atoms with Crippen molar-refractivity contribution in [3.8, 4) is 0 Å². The molecule has 0 fully saturated rings.